The number of aryl methyl sites for hydroxylation is 1. The molecule has 1 aromatic rings. The minimum atomic E-state index is -0.387. The maximum Gasteiger partial charge on any atom is 0.131 e. The number of carbonyl (C=O) groups is 1. The molecule has 0 amide bonds. The van der Waals surface area contributed by atoms with E-state index in [-0.39, 0.29) is 10.8 Å². The molecule has 1 saturated carbocycles. The van der Waals surface area contributed by atoms with Gasteiger partial charge in [-0.15, -0.1) is 0 Å². The fraction of sp³-hybridized carbons (Fsp3) is 0.611. The van der Waals surface area contributed by atoms with Crippen LogP contribution in [0.2, 0.25) is 0 Å². The van der Waals surface area contributed by atoms with Crippen molar-refractivity contribution in [3.05, 3.63) is 29.3 Å². The first-order valence-electron chi connectivity index (χ1n) is 7.50. The maximum atomic E-state index is 12.1. The van der Waals surface area contributed by atoms with Gasteiger partial charge in [-0.1, -0.05) is 39.3 Å². The summed E-state index contributed by atoms with van der Waals surface area (Å²) >= 11 is 0. The Hall–Kier alpha value is -1.31. The SMILES string of the molecule is COc1ccc([C@]2(C=O)C(C)CCCC2(C)C)cc1C. The minimum Gasteiger partial charge on any atom is -0.496 e. The smallest absolute Gasteiger partial charge is 0.131 e. The van der Waals surface area contributed by atoms with Crippen molar-refractivity contribution in [1.29, 1.82) is 0 Å². The highest BCUT2D eigenvalue weighted by Crippen LogP contribution is 2.54. The fourth-order valence-corrected chi connectivity index (χ4v) is 4.11. The van der Waals surface area contributed by atoms with E-state index in [1.54, 1.807) is 7.11 Å². The monoisotopic (exact) mass is 274 g/mol. The van der Waals surface area contributed by atoms with Crippen molar-refractivity contribution in [3.8, 4) is 5.75 Å². The molecule has 1 aliphatic rings. The van der Waals surface area contributed by atoms with Gasteiger partial charge in [0.05, 0.1) is 12.5 Å². The van der Waals surface area contributed by atoms with Gasteiger partial charge in [-0.3, -0.25) is 0 Å². The molecule has 110 valence electrons. The van der Waals surface area contributed by atoms with Crippen LogP contribution in [0.25, 0.3) is 0 Å². The van der Waals surface area contributed by atoms with E-state index < -0.39 is 0 Å². The Balaban J connectivity index is 2.59. The lowest BCUT2D eigenvalue weighted by molar-refractivity contribution is -0.121. The van der Waals surface area contributed by atoms with E-state index >= 15 is 0 Å². The van der Waals surface area contributed by atoms with E-state index in [1.807, 2.05) is 13.0 Å². The zero-order chi connectivity index (χ0) is 15.0. The zero-order valence-corrected chi connectivity index (χ0v) is 13.3. The van der Waals surface area contributed by atoms with Gasteiger partial charge in [0, 0.05) is 0 Å². The maximum absolute atomic E-state index is 12.1. The summed E-state index contributed by atoms with van der Waals surface area (Å²) in [6, 6.07) is 6.20. The molecule has 0 radical (unpaired) electrons. The Kier molecular flexibility index (Phi) is 3.95. The number of ether oxygens (including phenoxy) is 1. The van der Waals surface area contributed by atoms with Crippen molar-refractivity contribution >= 4 is 6.29 Å². The van der Waals surface area contributed by atoms with Crippen LogP contribution in [0.4, 0.5) is 0 Å². The molecule has 0 saturated heterocycles. The zero-order valence-electron chi connectivity index (χ0n) is 13.3. The van der Waals surface area contributed by atoms with Crippen molar-refractivity contribution in [3.63, 3.8) is 0 Å². The lowest BCUT2D eigenvalue weighted by Gasteiger charge is -2.51. The Bertz CT molecular complexity index is 504. The van der Waals surface area contributed by atoms with Gasteiger partial charge >= 0.3 is 0 Å². The molecule has 1 aliphatic carbocycles. The number of methoxy groups -OCH3 is 1. The number of carbonyl (C=O) groups excluding carboxylic acids is 1. The van der Waals surface area contributed by atoms with Crippen molar-refractivity contribution in [2.24, 2.45) is 11.3 Å². The molecule has 2 heteroatoms. The van der Waals surface area contributed by atoms with Gasteiger partial charge in [0.2, 0.25) is 0 Å². The Labute approximate surface area is 122 Å². The average molecular weight is 274 g/mol. The van der Waals surface area contributed by atoms with Crippen LogP contribution < -0.4 is 4.74 Å². The van der Waals surface area contributed by atoms with Crippen LogP contribution in [-0.2, 0) is 10.2 Å². The molecule has 1 aromatic carbocycles. The molecule has 0 heterocycles. The van der Waals surface area contributed by atoms with Crippen molar-refractivity contribution in [2.75, 3.05) is 7.11 Å². The molecule has 1 fully saturated rings. The molecule has 2 nitrogen and oxygen atoms in total. The van der Waals surface area contributed by atoms with Crippen molar-refractivity contribution < 1.29 is 9.53 Å². The molecule has 0 bridgehead atoms. The van der Waals surface area contributed by atoms with E-state index in [0.29, 0.717) is 5.92 Å². The molecule has 0 aromatic heterocycles. The van der Waals surface area contributed by atoms with Crippen LogP contribution in [-0.4, -0.2) is 13.4 Å². The summed E-state index contributed by atoms with van der Waals surface area (Å²) in [5.74, 6) is 1.26. The summed E-state index contributed by atoms with van der Waals surface area (Å²) in [6.07, 6.45) is 4.63. The molecule has 0 aliphatic heterocycles. The summed E-state index contributed by atoms with van der Waals surface area (Å²) < 4.78 is 5.34. The predicted octanol–water partition coefficient (Wildman–Crippen LogP) is 4.29. The average Bonchev–Trinajstić information content (AvgIpc) is 2.39. The molecule has 20 heavy (non-hydrogen) atoms. The van der Waals surface area contributed by atoms with Crippen LogP contribution in [0.3, 0.4) is 0 Å². The van der Waals surface area contributed by atoms with Gasteiger partial charge in [0.1, 0.15) is 12.0 Å². The normalized spacial score (nSPS) is 28.9. The first kappa shape index (κ1) is 15.1. The van der Waals surface area contributed by atoms with Crippen LogP contribution in [0.1, 0.15) is 51.2 Å². The number of hydrogen-bond donors (Lipinski definition) is 0. The lowest BCUT2D eigenvalue weighted by Crippen LogP contribution is -2.51. The van der Waals surface area contributed by atoms with E-state index in [0.717, 1.165) is 29.7 Å². The second-order valence-electron chi connectivity index (χ2n) is 6.85. The summed E-state index contributed by atoms with van der Waals surface area (Å²) in [5.41, 5.74) is 1.85. The van der Waals surface area contributed by atoms with Crippen molar-refractivity contribution in [2.45, 2.75) is 52.4 Å². The first-order valence-corrected chi connectivity index (χ1v) is 7.50. The van der Waals surface area contributed by atoms with Crippen LogP contribution >= 0.6 is 0 Å². The van der Waals surface area contributed by atoms with Crippen LogP contribution in [0.15, 0.2) is 18.2 Å². The van der Waals surface area contributed by atoms with Crippen LogP contribution in [0.5, 0.6) is 5.75 Å². The number of benzene rings is 1. The van der Waals surface area contributed by atoms with E-state index in [2.05, 4.69) is 32.9 Å². The Morgan fingerprint density at radius 3 is 2.55 bits per heavy atom. The largest absolute Gasteiger partial charge is 0.496 e. The van der Waals surface area contributed by atoms with Crippen LogP contribution in [0, 0.1) is 18.3 Å². The third kappa shape index (κ3) is 2.06. The summed E-state index contributed by atoms with van der Waals surface area (Å²) in [5, 5.41) is 0. The van der Waals surface area contributed by atoms with Gasteiger partial charge in [0.15, 0.2) is 0 Å². The van der Waals surface area contributed by atoms with E-state index in [9.17, 15) is 4.79 Å². The molecule has 2 atom stereocenters. The highest BCUT2D eigenvalue weighted by Gasteiger charge is 2.52. The fourth-order valence-electron chi connectivity index (χ4n) is 4.11. The summed E-state index contributed by atoms with van der Waals surface area (Å²) in [7, 11) is 1.69. The molecule has 0 spiro atoms. The predicted molar refractivity (Wildman–Crippen MR) is 82.3 cm³/mol. The molecule has 2 rings (SSSR count). The van der Waals surface area contributed by atoms with Gasteiger partial charge in [-0.25, -0.2) is 0 Å². The second-order valence-corrected chi connectivity index (χ2v) is 6.85. The highest BCUT2D eigenvalue weighted by molar-refractivity contribution is 5.72. The van der Waals surface area contributed by atoms with Crippen molar-refractivity contribution in [1.82, 2.24) is 0 Å². The molecule has 1 unspecified atom stereocenters. The molecular weight excluding hydrogens is 248 g/mol. The third-order valence-corrected chi connectivity index (χ3v) is 5.39. The van der Waals surface area contributed by atoms with E-state index in [4.69, 9.17) is 4.74 Å². The second kappa shape index (κ2) is 5.23. The molecular formula is C18H26O2. The minimum absolute atomic E-state index is 0.00650. The van der Waals surface area contributed by atoms with Gasteiger partial charge in [0.25, 0.3) is 0 Å². The van der Waals surface area contributed by atoms with E-state index in [1.165, 1.54) is 12.7 Å². The third-order valence-electron chi connectivity index (χ3n) is 5.39. The van der Waals surface area contributed by atoms with Gasteiger partial charge in [-0.2, -0.15) is 0 Å². The summed E-state index contributed by atoms with van der Waals surface area (Å²) in [6.45, 7) is 8.73. The Morgan fingerprint density at radius 2 is 2.05 bits per heavy atom. The van der Waals surface area contributed by atoms with Gasteiger partial charge < -0.3 is 9.53 Å². The van der Waals surface area contributed by atoms with Gasteiger partial charge in [-0.05, 0) is 48.3 Å². The standard InChI is InChI=1S/C18H26O2/c1-13-11-15(8-9-16(13)20-5)18(12-19)14(2)7-6-10-17(18,3)4/h8-9,11-12,14H,6-7,10H2,1-5H3/t14?,18-/m0/s1. The first-order chi connectivity index (χ1) is 9.39. The Morgan fingerprint density at radius 1 is 1.35 bits per heavy atom. The number of rotatable bonds is 3. The number of aldehydes is 1. The molecule has 0 N–H and O–H groups in total. The lowest BCUT2D eigenvalue weighted by atomic mass is 9.51. The highest BCUT2D eigenvalue weighted by atomic mass is 16.5. The number of hydrogen-bond acceptors (Lipinski definition) is 2. The summed E-state index contributed by atoms with van der Waals surface area (Å²) in [4.78, 5) is 12.1. The quantitative estimate of drug-likeness (QED) is 0.769. The topological polar surface area (TPSA) is 26.3 Å².